The third-order valence-electron chi connectivity index (χ3n) is 19.8. The van der Waals surface area contributed by atoms with Crippen molar-refractivity contribution in [2.45, 2.75) is 56.3 Å². The Labute approximate surface area is 871 Å². The number of rotatable bonds is 20. The molecule has 20 rings (SSSR count). The Bertz CT molecular complexity index is 7910. The molecule has 1 aliphatic heterocycles. The number of aromatic nitrogens is 16. The van der Waals surface area contributed by atoms with Crippen molar-refractivity contribution in [1.82, 2.24) is 79.4 Å². The monoisotopic (exact) mass is 2340 g/mol. The first-order valence-electron chi connectivity index (χ1n) is 41.5. The van der Waals surface area contributed by atoms with Gasteiger partial charge in [-0.3, -0.25) is 20.7 Å². The average Bonchev–Trinajstić information content (AvgIpc) is 1.45. The van der Waals surface area contributed by atoms with E-state index in [1.807, 2.05) is 88.7 Å². The maximum atomic E-state index is 13.5. The van der Waals surface area contributed by atoms with Crippen LogP contribution in [0.5, 0.6) is 17.2 Å². The van der Waals surface area contributed by atoms with Crippen LogP contribution in [0.3, 0.4) is 0 Å². The molecular formula is C91H69BBr2F13N21O11S7Zn. The molecule has 9 aromatic carbocycles. The second kappa shape index (κ2) is 48.9. The molecule has 11 heterocycles. The summed E-state index contributed by atoms with van der Waals surface area (Å²) in [5.41, 5.74) is -1.10. The van der Waals surface area contributed by atoms with Crippen LogP contribution in [0.4, 0.5) is 109 Å². The third kappa shape index (κ3) is 30.2. The van der Waals surface area contributed by atoms with Gasteiger partial charge in [-0.25, -0.2) is 72.4 Å². The fraction of sp³-hybridized carbons (Fsp3) is 0.121. The summed E-state index contributed by atoms with van der Waals surface area (Å²) in [6.45, 7) is 8.18. The number of fused-ring (bicyclic) bond motifs is 4. The maximum absolute atomic E-state index is 13.5. The first-order valence-corrected chi connectivity index (χ1v) is 56.3. The van der Waals surface area contributed by atoms with Crippen molar-refractivity contribution in [2.24, 2.45) is 14.1 Å². The zero-order valence-electron chi connectivity index (χ0n) is 76.0. The van der Waals surface area contributed by atoms with Crippen molar-refractivity contribution in [3.63, 3.8) is 0 Å². The van der Waals surface area contributed by atoms with Crippen molar-refractivity contribution >= 4 is 216 Å². The van der Waals surface area contributed by atoms with E-state index >= 15 is 0 Å². The van der Waals surface area contributed by atoms with E-state index in [1.54, 1.807) is 130 Å². The molecule has 0 bridgehead atoms. The number of nitrogens with zero attached hydrogens (tertiary/aromatic N) is 17. The minimum atomic E-state index is -5.99. The Kier molecular flexibility index (Phi) is 36.8. The van der Waals surface area contributed by atoms with E-state index in [1.165, 1.54) is 136 Å². The minimum absolute atomic E-state index is 0.0183. The molecular weight excluding hydrogens is 2270 g/mol. The van der Waals surface area contributed by atoms with Crippen LogP contribution in [0, 0.1) is 28.8 Å². The summed E-state index contributed by atoms with van der Waals surface area (Å²) in [5.74, 6) is -0.777. The number of hydrogen-bond donors (Lipinski definition) is 6. The third-order valence-corrected chi connectivity index (χ3v) is 26.8. The molecule has 756 valence electrons. The number of aromatic hydroxyl groups is 2. The van der Waals surface area contributed by atoms with E-state index in [0.717, 1.165) is 83.4 Å². The van der Waals surface area contributed by atoms with Crippen molar-refractivity contribution in [3.8, 4) is 60.1 Å². The van der Waals surface area contributed by atoms with Crippen LogP contribution in [0.25, 0.3) is 86.5 Å². The van der Waals surface area contributed by atoms with Gasteiger partial charge in [-0.2, -0.15) is 57.1 Å². The SMILES string of the molecule is Cn1cc(-c2cc3nc(Nc4cccc(F)c4)ncc3cc2-c2nccs2)cn1.Cn1cc(B2OC(C)(C)C(C)(C)O2)cn1.O=S(=O)(N(SOOC(F)(F)F)c1ccccc1)C(F)(F)F.O=S(=O)(Oc1cc2nc(Nc3cccc(F)c3)ncc2cc1-c1nccs1)C(F)(F)F.Oc1cc2nc(Nc3cccc(F)c3)ncc2cc1-c1nccs1.Oc1cc2nc(Nc3cccc(F)c3)ncc2cc1Br.[Zn+][Br].[c-]1nccs1. The topological polar surface area (TPSA) is 397 Å². The van der Waals surface area contributed by atoms with Gasteiger partial charge in [0, 0.05) is 171 Å². The number of para-hydroxylation sites is 1. The first-order chi connectivity index (χ1) is 69.8. The van der Waals surface area contributed by atoms with Gasteiger partial charge in [-0.15, -0.1) is 68.0 Å². The van der Waals surface area contributed by atoms with Crippen molar-refractivity contribution < 1.29 is 123 Å². The van der Waals surface area contributed by atoms with Crippen molar-refractivity contribution in [1.29, 1.82) is 0 Å². The van der Waals surface area contributed by atoms with Gasteiger partial charge in [-0.05, 0) is 170 Å². The van der Waals surface area contributed by atoms with Gasteiger partial charge in [0.2, 0.25) is 23.8 Å². The molecule has 1 aliphatic rings. The van der Waals surface area contributed by atoms with E-state index in [9.17, 15) is 84.1 Å². The molecule has 1 fully saturated rings. The number of phenols is 2. The zero-order valence-corrected chi connectivity index (χ0v) is 87.8. The predicted molar refractivity (Wildman–Crippen MR) is 538 cm³/mol. The quantitative estimate of drug-likeness (QED) is 0.00475. The molecule has 0 radical (unpaired) electrons. The van der Waals surface area contributed by atoms with E-state index in [4.69, 9.17) is 9.31 Å². The summed E-state index contributed by atoms with van der Waals surface area (Å²) in [6, 6.07) is 42.5. The van der Waals surface area contributed by atoms with Crippen LogP contribution >= 0.6 is 87.1 Å². The number of hydrogen-bond acceptors (Lipinski definition) is 34. The van der Waals surface area contributed by atoms with Gasteiger partial charge >= 0.3 is 74.6 Å². The Morgan fingerprint density at radius 3 is 1.28 bits per heavy atom. The second-order valence-electron chi connectivity index (χ2n) is 30.7. The molecule has 0 spiro atoms. The van der Waals surface area contributed by atoms with Crippen LogP contribution in [-0.2, 0) is 69.1 Å². The van der Waals surface area contributed by atoms with Gasteiger partial charge in [0.05, 0.1) is 60.8 Å². The molecule has 147 heavy (non-hydrogen) atoms. The Balaban J connectivity index is 0.000000147. The summed E-state index contributed by atoms with van der Waals surface area (Å²) in [5, 5.41) is 52.0. The Morgan fingerprint density at radius 2 is 0.891 bits per heavy atom. The molecule has 1 saturated heterocycles. The van der Waals surface area contributed by atoms with Crippen LogP contribution in [0.2, 0.25) is 0 Å². The number of phenolic OH excluding ortho intramolecular Hbond substituents is 2. The maximum Gasteiger partial charge on any atom is -0.0221 e. The number of halogens is 15. The molecule has 0 amide bonds. The number of anilines is 9. The Hall–Kier alpha value is -13.5. The first kappa shape index (κ1) is 111. The standard InChI is InChI=1S/C21H15FN6S.C18H10F4N4O3S2.C17H11FN4OS.C14H9BrFN3O.C10H17BN2O2.C8H5F6NO4S2.C3H2NS.BrH.Zn/c1-28-12-14(11-25-28)17-9-19-13(7-18(17)20-23-5-6-29-20)10-24-21(27-19)26-16-4-2-3-15(22)8-16;19-11-2-1-3-12(7-11)25-17-24-9-10-6-13(16-23-4-5-30-16)15(8-14(10)26-17)29-31(27,28)18(20,21)22;18-11-2-1-3-12(7-11)21-17-20-9-10-6-13(16-19-4-5-24-16)15(23)8-14(10)22-17;15-11-4-8-7-17-14(19-12(8)6-13(11)20)18-10-3-1-2-9(16)5-10;1-9(2)10(3,4)15-11(14-9)8-6-12-13(5)7-8;9-7(10,11)18-19-20-15(6-4-2-1-3-5-6)21(16,17)8(12,13)14;1-2-5-3-4-1;;/h2-12H,1H3,(H,24,26,27);1-9H,(H,24,25,26);1-9,23H,(H,20,21,22);1-7,20H,(H,17,18,19);6-7H,1-5H3;1-5H;1-2H;1H;/q;;;;;;-1;;+2/p-1. The van der Waals surface area contributed by atoms with E-state index in [0.29, 0.717) is 67.1 Å². The minimum Gasteiger partial charge on any atom is -0.394 e. The van der Waals surface area contributed by atoms with Gasteiger partial charge in [0.1, 0.15) is 49.8 Å². The van der Waals surface area contributed by atoms with Gasteiger partial charge in [-0.1, -0.05) is 42.5 Å². The molecule has 32 nitrogen and oxygen atoms in total. The number of benzene rings is 9. The summed E-state index contributed by atoms with van der Waals surface area (Å²) < 4.78 is 233. The summed E-state index contributed by atoms with van der Waals surface area (Å²) in [4.78, 5) is 53.4. The molecule has 0 atom stereocenters. The normalized spacial score (nSPS) is 12.6. The molecule has 10 aromatic heterocycles. The van der Waals surface area contributed by atoms with Crippen molar-refractivity contribution in [3.05, 3.63) is 305 Å². The van der Waals surface area contributed by atoms with E-state index in [-0.39, 0.29) is 69.3 Å². The van der Waals surface area contributed by atoms with Crippen LogP contribution in [0.1, 0.15) is 27.7 Å². The summed E-state index contributed by atoms with van der Waals surface area (Å²) in [7, 11) is -8.44. The van der Waals surface area contributed by atoms with Gasteiger partial charge < -0.3 is 50.0 Å². The van der Waals surface area contributed by atoms with Crippen LogP contribution in [0.15, 0.2) is 276 Å². The molecule has 19 aromatic rings. The van der Waals surface area contributed by atoms with E-state index < -0.39 is 70.7 Å². The number of aryl methyl sites for hydroxylation is 2. The number of alkyl halides is 9. The molecule has 56 heteroatoms. The number of nitrogens with one attached hydrogen (secondary N) is 4. The Morgan fingerprint density at radius 1 is 0.476 bits per heavy atom. The van der Waals surface area contributed by atoms with Gasteiger partial charge in [0.25, 0.3) is 0 Å². The molecule has 0 saturated carbocycles. The number of sulfonamides is 1. The largest absolute Gasteiger partial charge is 0.394 e. The fourth-order valence-corrected chi connectivity index (χ4v) is 17.3. The van der Waals surface area contributed by atoms with Gasteiger partial charge in [0.15, 0.2) is 18.0 Å². The second-order valence-corrected chi connectivity index (χ2v) is 39.1. The zero-order chi connectivity index (χ0) is 106. The molecule has 0 unspecified atom stereocenters. The number of thiazole rings is 4. The van der Waals surface area contributed by atoms with E-state index in [2.05, 4.69) is 140 Å². The fourth-order valence-electron chi connectivity index (χ4n) is 12.5. The van der Waals surface area contributed by atoms with Crippen LogP contribution in [-0.4, -0.2) is 142 Å². The van der Waals surface area contributed by atoms with Crippen molar-refractivity contribution in [2.75, 3.05) is 25.0 Å². The molecule has 0 aliphatic carbocycles. The summed E-state index contributed by atoms with van der Waals surface area (Å²) >= 11 is 12.3. The smallest absolute Gasteiger partial charge is 0.0221 e. The predicted octanol–water partition coefficient (Wildman–Crippen LogP) is 24.1. The molecule has 6 N–H and O–H groups in total. The summed E-state index contributed by atoms with van der Waals surface area (Å²) in [6.07, 6.45) is 15.2. The van der Waals surface area contributed by atoms with Crippen LogP contribution < -0.4 is 34.6 Å². The average molecular weight is 2340 g/mol.